The highest BCUT2D eigenvalue weighted by Gasteiger charge is 2.50. The molecule has 1 unspecified atom stereocenters. The lowest BCUT2D eigenvalue weighted by Crippen LogP contribution is -2.16. The van der Waals surface area contributed by atoms with Gasteiger partial charge >= 0.3 is 0 Å². The Labute approximate surface area is 111 Å². The molecule has 4 nitrogen and oxygen atoms in total. The summed E-state index contributed by atoms with van der Waals surface area (Å²) in [5.41, 5.74) is 0.649. The molecule has 1 amide bonds. The molecule has 2 rings (SSSR count). The Morgan fingerprint density at radius 1 is 1.33 bits per heavy atom. The van der Waals surface area contributed by atoms with E-state index < -0.39 is 9.05 Å². The van der Waals surface area contributed by atoms with E-state index in [9.17, 15) is 13.2 Å². The van der Waals surface area contributed by atoms with Crippen LogP contribution in [0.25, 0.3) is 0 Å². The van der Waals surface area contributed by atoms with Crippen LogP contribution in [0.1, 0.15) is 20.3 Å². The van der Waals surface area contributed by atoms with Crippen molar-refractivity contribution >= 4 is 31.3 Å². The molecule has 0 heterocycles. The predicted molar refractivity (Wildman–Crippen MR) is 70.0 cm³/mol. The number of anilines is 1. The zero-order valence-corrected chi connectivity index (χ0v) is 11.7. The third kappa shape index (κ3) is 2.84. The molecule has 1 aliphatic rings. The predicted octanol–water partition coefficient (Wildman–Crippen LogP) is 2.60. The molecule has 0 spiro atoms. The van der Waals surface area contributed by atoms with Gasteiger partial charge in [-0.1, -0.05) is 13.8 Å². The summed E-state index contributed by atoms with van der Waals surface area (Å²) >= 11 is 0. The second-order valence-corrected chi connectivity index (χ2v) is 7.76. The molecule has 1 aliphatic carbocycles. The second-order valence-electron chi connectivity index (χ2n) is 5.20. The zero-order valence-electron chi connectivity index (χ0n) is 10.1. The number of halogens is 1. The van der Waals surface area contributed by atoms with E-state index in [4.69, 9.17) is 10.7 Å². The average Bonchev–Trinajstić information content (AvgIpc) is 2.87. The summed E-state index contributed by atoms with van der Waals surface area (Å²) in [5, 5.41) is 2.76. The van der Waals surface area contributed by atoms with E-state index in [0.29, 0.717) is 5.69 Å². The molecule has 1 N–H and O–H groups in total. The molecule has 6 heteroatoms. The van der Waals surface area contributed by atoms with Crippen LogP contribution in [0.2, 0.25) is 0 Å². The van der Waals surface area contributed by atoms with Gasteiger partial charge in [0, 0.05) is 22.3 Å². The molecule has 0 saturated heterocycles. The van der Waals surface area contributed by atoms with E-state index in [1.54, 1.807) is 0 Å². The number of carbonyl (C=O) groups is 1. The van der Waals surface area contributed by atoms with Gasteiger partial charge in [-0.15, -0.1) is 0 Å². The zero-order chi connectivity index (χ0) is 13.6. The summed E-state index contributed by atoms with van der Waals surface area (Å²) in [7, 11) is 1.49. The molecule has 1 saturated carbocycles. The first-order chi connectivity index (χ1) is 8.20. The van der Waals surface area contributed by atoms with Crippen LogP contribution in [0, 0.1) is 11.3 Å². The van der Waals surface area contributed by atoms with Crippen LogP contribution >= 0.6 is 10.7 Å². The number of hydrogen-bond acceptors (Lipinski definition) is 3. The van der Waals surface area contributed by atoms with Gasteiger partial charge in [0.05, 0.1) is 4.90 Å². The van der Waals surface area contributed by atoms with Gasteiger partial charge in [-0.05, 0) is 36.1 Å². The summed E-state index contributed by atoms with van der Waals surface area (Å²) in [6, 6.07) is 5.80. The average molecular weight is 288 g/mol. The quantitative estimate of drug-likeness (QED) is 0.869. The third-order valence-electron chi connectivity index (χ3n) is 3.23. The minimum absolute atomic E-state index is 0.0221. The highest BCUT2D eigenvalue weighted by molar-refractivity contribution is 8.13. The normalized spacial score (nSPS) is 21.4. The highest BCUT2D eigenvalue weighted by Crippen LogP contribution is 2.51. The molecular weight excluding hydrogens is 274 g/mol. The lowest BCUT2D eigenvalue weighted by atomic mass is 10.1. The number of nitrogens with one attached hydrogen (secondary N) is 1. The Bertz CT molecular complexity index is 578. The number of hydrogen-bond donors (Lipinski definition) is 1. The van der Waals surface area contributed by atoms with Gasteiger partial charge in [0.2, 0.25) is 5.91 Å². The first-order valence-corrected chi connectivity index (χ1v) is 7.87. The molecular formula is C12H14ClNO3S. The van der Waals surface area contributed by atoms with Gasteiger partial charge in [0.15, 0.2) is 0 Å². The maximum absolute atomic E-state index is 11.8. The smallest absolute Gasteiger partial charge is 0.261 e. The summed E-state index contributed by atoms with van der Waals surface area (Å²) in [6.07, 6.45) is 0.882. The minimum atomic E-state index is -3.71. The Kier molecular flexibility index (Phi) is 3.15. The van der Waals surface area contributed by atoms with Crippen molar-refractivity contribution in [2.24, 2.45) is 11.3 Å². The van der Waals surface area contributed by atoms with E-state index in [2.05, 4.69) is 5.32 Å². The van der Waals surface area contributed by atoms with Crippen molar-refractivity contribution in [1.29, 1.82) is 0 Å². The van der Waals surface area contributed by atoms with E-state index >= 15 is 0 Å². The SMILES string of the molecule is CC1(C)CC1C(=O)Nc1ccc(S(=O)(=O)Cl)cc1. The van der Waals surface area contributed by atoms with Crippen LogP contribution in [0.3, 0.4) is 0 Å². The summed E-state index contributed by atoms with van der Waals surface area (Å²) in [4.78, 5) is 11.8. The van der Waals surface area contributed by atoms with Gasteiger partial charge in [-0.3, -0.25) is 4.79 Å². The van der Waals surface area contributed by atoms with Gasteiger partial charge < -0.3 is 5.32 Å². The van der Waals surface area contributed by atoms with E-state index in [0.717, 1.165) is 6.42 Å². The molecule has 1 aromatic rings. The fraction of sp³-hybridized carbons (Fsp3) is 0.417. The van der Waals surface area contributed by atoms with E-state index in [1.807, 2.05) is 13.8 Å². The Hall–Kier alpha value is -1.07. The molecule has 1 atom stereocenters. The Morgan fingerprint density at radius 2 is 1.83 bits per heavy atom. The number of amides is 1. The standard InChI is InChI=1S/C12H14ClNO3S/c1-12(2)7-10(12)11(15)14-8-3-5-9(6-4-8)18(13,16)17/h3-6,10H,7H2,1-2H3,(H,14,15). The van der Waals surface area contributed by atoms with Crippen LogP contribution in [-0.4, -0.2) is 14.3 Å². The molecule has 0 aliphatic heterocycles. The second kappa shape index (κ2) is 4.24. The van der Waals surface area contributed by atoms with E-state index in [1.165, 1.54) is 24.3 Å². The van der Waals surface area contributed by atoms with Crippen molar-refractivity contribution in [3.8, 4) is 0 Å². The largest absolute Gasteiger partial charge is 0.326 e. The fourth-order valence-corrected chi connectivity index (χ4v) is 2.61. The van der Waals surface area contributed by atoms with Crippen LogP contribution < -0.4 is 5.32 Å². The van der Waals surface area contributed by atoms with Gasteiger partial charge in [0.1, 0.15) is 0 Å². The first kappa shape index (κ1) is 13.4. The van der Waals surface area contributed by atoms with Gasteiger partial charge in [-0.2, -0.15) is 0 Å². The highest BCUT2D eigenvalue weighted by atomic mass is 35.7. The molecule has 1 fully saturated rings. The van der Waals surface area contributed by atoms with E-state index in [-0.39, 0.29) is 22.1 Å². The van der Waals surface area contributed by atoms with Crippen molar-refractivity contribution in [2.75, 3.05) is 5.32 Å². The third-order valence-corrected chi connectivity index (χ3v) is 4.60. The monoisotopic (exact) mass is 287 g/mol. The van der Waals surface area contributed by atoms with Crippen LogP contribution in [0.15, 0.2) is 29.2 Å². The Morgan fingerprint density at radius 3 is 2.22 bits per heavy atom. The van der Waals surface area contributed by atoms with Crippen molar-refractivity contribution in [3.63, 3.8) is 0 Å². The molecule has 0 radical (unpaired) electrons. The molecule has 1 aromatic carbocycles. The minimum Gasteiger partial charge on any atom is -0.326 e. The summed E-state index contributed by atoms with van der Waals surface area (Å²) in [5.74, 6) is 0.00965. The van der Waals surface area contributed by atoms with Gasteiger partial charge in [-0.25, -0.2) is 8.42 Å². The van der Waals surface area contributed by atoms with Gasteiger partial charge in [0.25, 0.3) is 9.05 Å². The lowest BCUT2D eigenvalue weighted by Gasteiger charge is -2.06. The van der Waals surface area contributed by atoms with Crippen molar-refractivity contribution in [2.45, 2.75) is 25.2 Å². The maximum atomic E-state index is 11.8. The fourth-order valence-electron chi connectivity index (χ4n) is 1.84. The molecule has 0 aromatic heterocycles. The van der Waals surface area contributed by atoms with Crippen LogP contribution in [0.5, 0.6) is 0 Å². The topological polar surface area (TPSA) is 63.2 Å². The molecule has 18 heavy (non-hydrogen) atoms. The molecule has 98 valence electrons. The number of benzene rings is 1. The lowest BCUT2D eigenvalue weighted by molar-refractivity contribution is -0.118. The molecule has 0 bridgehead atoms. The van der Waals surface area contributed by atoms with Crippen molar-refractivity contribution < 1.29 is 13.2 Å². The number of carbonyl (C=O) groups excluding carboxylic acids is 1. The summed E-state index contributed by atoms with van der Waals surface area (Å²) in [6.45, 7) is 4.08. The van der Waals surface area contributed by atoms with Crippen molar-refractivity contribution in [3.05, 3.63) is 24.3 Å². The number of rotatable bonds is 3. The summed E-state index contributed by atoms with van der Waals surface area (Å²) < 4.78 is 22.1. The van der Waals surface area contributed by atoms with Crippen LogP contribution in [0.4, 0.5) is 5.69 Å². The Balaban J connectivity index is 2.06. The van der Waals surface area contributed by atoms with Crippen molar-refractivity contribution in [1.82, 2.24) is 0 Å². The maximum Gasteiger partial charge on any atom is 0.261 e. The first-order valence-electron chi connectivity index (χ1n) is 5.56. The van der Waals surface area contributed by atoms with Crippen LogP contribution in [-0.2, 0) is 13.8 Å².